The second kappa shape index (κ2) is 7.38. The summed E-state index contributed by atoms with van der Waals surface area (Å²) in [5.41, 5.74) is 2.22. The molecule has 5 nitrogen and oxygen atoms in total. The van der Waals surface area contributed by atoms with Gasteiger partial charge in [0.05, 0.1) is 0 Å². The molecule has 2 heterocycles. The Balaban J connectivity index is 1.19. The van der Waals surface area contributed by atoms with Gasteiger partial charge in [0.2, 0.25) is 5.91 Å². The molecule has 0 bridgehead atoms. The summed E-state index contributed by atoms with van der Waals surface area (Å²) in [5, 5.41) is 0. The largest absolute Gasteiger partial charge is 0.490 e. The van der Waals surface area contributed by atoms with E-state index >= 15 is 0 Å². The Morgan fingerprint density at radius 3 is 2.25 bits per heavy atom. The minimum absolute atomic E-state index is 0.184. The van der Waals surface area contributed by atoms with Crippen molar-refractivity contribution >= 4 is 5.91 Å². The van der Waals surface area contributed by atoms with Crippen LogP contribution in [0, 0.1) is 5.92 Å². The molecule has 1 aliphatic carbocycles. The van der Waals surface area contributed by atoms with Crippen molar-refractivity contribution in [1.29, 1.82) is 0 Å². The molecule has 0 N–H and O–H groups in total. The van der Waals surface area contributed by atoms with Crippen LogP contribution in [-0.4, -0.2) is 43.2 Å². The fourth-order valence-electron chi connectivity index (χ4n) is 3.92. The molecule has 0 atom stereocenters. The van der Waals surface area contributed by atoms with Gasteiger partial charge in [-0.2, -0.15) is 0 Å². The fourth-order valence-corrected chi connectivity index (χ4v) is 3.92. The van der Waals surface area contributed by atoms with Gasteiger partial charge >= 0.3 is 0 Å². The van der Waals surface area contributed by atoms with E-state index in [1.165, 1.54) is 0 Å². The first kappa shape index (κ1) is 17.4. The second-order valence-electron chi connectivity index (χ2n) is 7.80. The lowest BCUT2D eigenvalue weighted by Crippen LogP contribution is -2.42. The number of carbonyl (C=O) groups excluding carboxylic acids is 1. The van der Waals surface area contributed by atoms with Crippen molar-refractivity contribution in [1.82, 2.24) is 4.90 Å². The zero-order chi connectivity index (χ0) is 18.9. The SMILES string of the molecule is O=C(C1CC1)N1CCC(Oc2ccc(-c3ccc4c(c3)OCCO4)cc2)CC1. The van der Waals surface area contributed by atoms with Crippen LogP contribution in [0.25, 0.3) is 11.1 Å². The van der Waals surface area contributed by atoms with Crippen LogP contribution in [0.3, 0.4) is 0 Å². The molecule has 2 fully saturated rings. The molecule has 5 rings (SSSR count). The van der Waals surface area contributed by atoms with Crippen LogP contribution in [0.4, 0.5) is 0 Å². The number of hydrogen-bond donors (Lipinski definition) is 0. The first-order valence-corrected chi connectivity index (χ1v) is 10.2. The van der Waals surface area contributed by atoms with Crippen LogP contribution < -0.4 is 14.2 Å². The quantitative estimate of drug-likeness (QED) is 0.808. The molecule has 0 spiro atoms. The summed E-state index contributed by atoms with van der Waals surface area (Å²) >= 11 is 0. The van der Waals surface area contributed by atoms with Crippen molar-refractivity contribution in [3.63, 3.8) is 0 Å². The fraction of sp³-hybridized carbons (Fsp3) is 0.435. The minimum atomic E-state index is 0.184. The first-order valence-electron chi connectivity index (χ1n) is 10.2. The summed E-state index contributed by atoms with van der Waals surface area (Å²) in [7, 11) is 0. The van der Waals surface area contributed by atoms with Gasteiger partial charge in [-0.05, 0) is 48.2 Å². The molecule has 1 saturated carbocycles. The zero-order valence-corrected chi connectivity index (χ0v) is 15.9. The van der Waals surface area contributed by atoms with Crippen LogP contribution in [0.5, 0.6) is 17.2 Å². The molecule has 2 aliphatic heterocycles. The van der Waals surface area contributed by atoms with Gasteiger partial charge in [-0.25, -0.2) is 0 Å². The highest BCUT2D eigenvalue weighted by Gasteiger charge is 2.35. The van der Waals surface area contributed by atoms with Crippen molar-refractivity contribution in [2.75, 3.05) is 26.3 Å². The average Bonchev–Trinajstić information content (AvgIpc) is 3.59. The Labute approximate surface area is 165 Å². The van der Waals surface area contributed by atoms with Gasteiger partial charge in [0.15, 0.2) is 11.5 Å². The van der Waals surface area contributed by atoms with E-state index in [4.69, 9.17) is 14.2 Å². The topological polar surface area (TPSA) is 48.0 Å². The Hall–Kier alpha value is -2.69. The van der Waals surface area contributed by atoms with Crippen LogP contribution in [0.2, 0.25) is 0 Å². The Morgan fingerprint density at radius 1 is 0.857 bits per heavy atom. The standard InChI is InChI=1S/C23H25NO4/c25-23(17-1-2-17)24-11-9-20(10-12-24)28-19-6-3-16(4-7-19)18-5-8-21-22(15-18)27-14-13-26-21/h3-8,15,17,20H,1-2,9-14H2. The molecule has 0 aromatic heterocycles. The predicted molar refractivity (Wildman–Crippen MR) is 106 cm³/mol. The third-order valence-electron chi connectivity index (χ3n) is 5.71. The monoisotopic (exact) mass is 379 g/mol. The number of carbonyl (C=O) groups is 1. The number of amides is 1. The number of nitrogens with zero attached hydrogens (tertiary/aromatic N) is 1. The minimum Gasteiger partial charge on any atom is -0.490 e. The van der Waals surface area contributed by atoms with Gasteiger partial charge in [-0.1, -0.05) is 18.2 Å². The smallest absolute Gasteiger partial charge is 0.225 e. The lowest BCUT2D eigenvalue weighted by molar-refractivity contribution is -0.134. The Morgan fingerprint density at radius 2 is 1.54 bits per heavy atom. The van der Waals surface area contributed by atoms with E-state index in [0.717, 1.165) is 67.1 Å². The number of piperidine rings is 1. The van der Waals surface area contributed by atoms with E-state index in [1.807, 2.05) is 29.2 Å². The Kier molecular flexibility index (Phi) is 4.59. The molecule has 1 amide bonds. The van der Waals surface area contributed by atoms with Crippen LogP contribution in [-0.2, 0) is 4.79 Å². The molecule has 2 aromatic carbocycles. The molecular formula is C23H25NO4. The maximum absolute atomic E-state index is 12.2. The highest BCUT2D eigenvalue weighted by molar-refractivity contribution is 5.81. The summed E-state index contributed by atoms with van der Waals surface area (Å²) < 4.78 is 17.4. The maximum atomic E-state index is 12.2. The molecule has 146 valence electrons. The van der Waals surface area contributed by atoms with Crippen molar-refractivity contribution in [3.8, 4) is 28.4 Å². The number of hydrogen-bond acceptors (Lipinski definition) is 4. The third kappa shape index (κ3) is 3.66. The van der Waals surface area contributed by atoms with Crippen LogP contribution in [0.1, 0.15) is 25.7 Å². The van der Waals surface area contributed by atoms with E-state index in [-0.39, 0.29) is 6.10 Å². The van der Waals surface area contributed by atoms with Crippen molar-refractivity contribution < 1.29 is 19.0 Å². The summed E-state index contributed by atoms with van der Waals surface area (Å²) in [6.45, 7) is 2.82. The average molecular weight is 379 g/mol. The van der Waals surface area contributed by atoms with Gasteiger partial charge in [0, 0.05) is 31.8 Å². The number of fused-ring (bicyclic) bond motifs is 1. The van der Waals surface area contributed by atoms with Crippen molar-refractivity contribution in [2.24, 2.45) is 5.92 Å². The summed E-state index contributed by atoms with van der Waals surface area (Å²) in [6.07, 6.45) is 4.14. The molecule has 1 saturated heterocycles. The Bertz CT molecular complexity index is 851. The molecule has 3 aliphatic rings. The molecule has 0 radical (unpaired) electrons. The highest BCUT2D eigenvalue weighted by atomic mass is 16.6. The van der Waals surface area contributed by atoms with Crippen LogP contribution >= 0.6 is 0 Å². The normalized spacial score (nSPS) is 19.4. The second-order valence-corrected chi connectivity index (χ2v) is 7.80. The molecule has 5 heteroatoms. The molecule has 28 heavy (non-hydrogen) atoms. The summed E-state index contributed by atoms with van der Waals surface area (Å²) in [4.78, 5) is 14.2. The molecule has 0 unspecified atom stereocenters. The zero-order valence-electron chi connectivity index (χ0n) is 15.9. The van der Waals surface area contributed by atoms with E-state index < -0.39 is 0 Å². The van der Waals surface area contributed by atoms with Gasteiger partial charge in [-0.15, -0.1) is 0 Å². The van der Waals surface area contributed by atoms with Gasteiger partial charge in [-0.3, -0.25) is 4.79 Å². The van der Waals surface area contributed by atoms with E-state index in [9.17, 15) is 4.79 Å². The summed E-state index contributed by atoms with van der Waals surface area (Å²) in [6, 6.07) is 14.2. The lowest BCUT2D eigenvalue weighted by atomic mass is 10.0. The first-order chi connectivity index (χ1) is 13.8. The number of likely N-dealkylation sites (tertiary alicyclic amines) is 1. The van der Waals surface area contributed by atoms with Gasteiger partial charge < -0.3 is 19.1 Å². The van der Waals surface area contributed by atoms with Crippen molar-refractivity contribution in [2.45, 2.75) is 31.8 Å². The maximum Gasteiger partial charge on any atom is 0.225 e. The number of rotatable bonds is 4. The van der Waals surface area contributed by atoms with Gasteiger partial charge in [0.25, 0.3) is 0 Å². The van der Waals surface area contributed by atoms with E-state index in [2.05, 4.69) is 18.2 Å². The molecule has 2 aromatic rings. The number of benzene rings is 2. The number of ether oxygens (including phenoxy) is 3. The van der Waals surface area contributed by atoms with E-state index in [0.29, 0.717) is 25.0 Å². The lowest BCUT2D eigenvalue weighted by Gasteiger charge is -2.32. The van der Waals surface area contributed by atoms with Crippen molar-refractivity contribution in [3.05, 3.63) is 42.5 Å². The van der Waals surface area contributed by atoms with Crippen LogP contribution in [0.15, 0.2) is 42.5 Å². The van der Waals surface area contributed by atoms with E-state index in [1.54, 1.807) is 0 Å². The summed E-state index contributed by atoms with van der Waals surface area (Å²) in [5.74, 6) is 3.15. The van der Waals surface area contributed by atoms with Gasteiger partial charge in [0.1, 0.15) is 25.1 Å². The highest BCUT2D eigenvalue weighted by Crippen LogP contribution is 2.35. The molecular weight excluding hydrogens is 354 g/mol. The predicted octanol–water partition coefficient (Wildman–Crippen LogP) is 3.90. The third-order valence-corrected chi connectivity index (χ3v) is 5.71.